The number of nitrogen functional groups attached to an aromatic ring is 1. The van der Waals surface area contributed by atoms with E-state index in [2.05, 4.69) is 10.6 Å². The number of ether oxygens (including phenoxy) is 2. The number of hydrogen-bond donors (Lipinski definition) is 4. The molecule has 2 atom stereocenters. The fraction of sp³-hybridized carbons (Fsp3) is 0.379. The summed E-state index contributed by atoms with van der Waals surface area (Å²) < 4.78 is 17.5. The Bertz CT molecular complexity index is 1250. The van der Waals surface area contributed by atoms with Crippen LogP contribution >= 0.6 is 0 Å². The molecule has 0 fully saturated rings. The molecule has 2 aromatic carbocycles. The average Bonchev–Trinajstić information content (AvgIpc) is 3.36. The molecule has 0 saturated carbocycles. The maximum absolute atomic E-state index is 13.0. The number of nitrogens with one attached hydrogen (secondary N) is 2. The Balaban J connectivity index is 1.31. The van der Waals surface area contributed by atoms with Gasteiger partial charge in [-0.25, -0.2) is 0 Å². The minimum atomic E-state index is -0.591. The Morgan fingerprint density at radius 1 is 1.05 bits per heavy atom. The van der Waals surface area contributed by atoms with Gasteiger partial charge in [0.05, 0.1) is 24.2 Å². The van der Waals surface area contributed by atoms with Crippen molar-refractivity contribution in [1.82, 2.24) is 5.32 Å². The molecule has 9 nitrogen and oxygen atoms in total. The van der Waals surface area contributed by atoms with Gasteiger partial charge in [-0.05, 0) is 50.0 Å². The van der Waals surface area contributed by atoms with Crippen LogP contribution < -0.4 is 16.4 Å². The van der Waals surface area contributed by atoms with Crippen LogP contribution in [0.15, 0.2) is 71.0 Å². The van der Waals surface area contributed by atoms with E-state index in [9.17, 15) is 9.59 Å². The maximum Gasteiger partial charge on any atom is 0.286 e. The van der Waals surface area contributed by atoms with E-state index in [1.54, 1.807) is 18.4 Å². The summed E-state index contributed by atoms with van der Waals surface area (Å²) in [6.45, 7) is 0.936. The molecule has 2 amide bonds. The van der Waals surface area contributed by atoms with E-state index in [1.165, 1.54) is 0 Å². The molecule has 1 aliphatic rings. The van der Waals surface area contributed by atoms with Crippen LogP contribution in [0.3, 0.4) is 0 Å². The summed E-state index contributed by atoms with van der Waals surface area (Å²) in [6.07, 6.45) is 6.40. The number of aliphatic hydroxyl groups is 1. The fourth-order valence-corrected chi connectivity index (χ4v) is 4.37. The molecule has 202 valence electrons. The largest absolute Gasteiger partial charge is 0.464 e. The third-order valence-corrected chi connectivity index (χ3v) is 6.40. The number of allylic oxidation sites excluding steroid dienone is 1. The van der Waals surface area contributed by atoms with Crippen LogP contribution in [-0.4, -0.2) is 43.0 Å². The van der Waals surface area contributed by atoms with Gasteiger partial charge < -0.3 is 35.4 Å². The molecular formula is C29H35N3O6. The number of aliphatic hydroxyl groups excluding tert-OH is 1. The molecule has 1 aromatic heterocycles. The Labute approximate surface area is 222 Å². The van der Waals surface area contributed by atoms with E-state index in [1.807, 2.05) is 42.5 Å². The molecule has 0 aliphatic carbocycles. The predicted octanol–water partition coefficient (Wildman–Crippen LogP) is 4.44. The molecule has 4 rings (SSSR count). The topological polar surface area (TPSA) is 136 Å². The zero-order chi connectivity index (χ0) is 26.7. The van der Waals surface area contributed by atoms with Crippen LogP contribution in [0, 0.1) is 0 Å². The Morgan fingerprint density at radius 3 is 2.71 bits per heavy atom. The van der Waals surface area contributed by atoms with Gasteiger partial charge >= 0.3 is 0 Å². The summed E-state index contributed by atoms with van der Waals surface area (Å²) in [4.78, 5) is 25.2. The monoisotopic (exact) mass is 521 g/mol. The average molecular weight is 522 g/mol. The molecule has 0 saturated heterocycles. The third kappa shape index (κ3) is 7.36. The lowest BCUT2D eigenvalue weighted by atomic mass is 9.92. The number of furan rings is 1. The number of nitrogens with two attached hydrogens (primary N) is 1. The second kappa shape index (κ2) is 13.6. The fourth-order valence-electron chi connectivity index (χ4n) is 4.37. The van der Waals surface area contributed by atoms with Crippen molar-refractivity contribution >= 4 is 34.2 Å². The minimum Gasteiger partial charge on any atom is -0.464 e. The summed E-state index contributed by atoms with van der Waals surface area (Å²) >= 11 is 0. The molecule has 2 heterocycles. The lowest BCUT2D eigenvalue weighted by Gasteiger charge is -2.29. The highest BCUT2D eigenvalue weighted by Gasteiger charge is 2.30. The van der Waals surface area contributed by atoms with Crippen molar-refractivity contribution in [3.8, 4) is 0 Å². The van der Waals surface area contributed by atoms with Gasteiger partial charge in [-0.15, -0.1) is 0 Å². The first-order valence-corrected chi connectivity index (χ1v) is 13.0. The van der Waals surface area contributed by atoms with E-state index in [0.29, 0.717) is 63.1 Å². The molecular weight excluding hydrogens is 486 g/mol. The van der Waals surface area contributed by atoms with Crippen LogP contribution in [0.2, 0.25) is 0 Å². The Kier molecular flexibility index (Phi) is 9.77. The van der Waals surface area contributed by atoms with Crippen LogP contribution in [0.5, 0.6) is 0 Å². The number of para-hydroxylation sites is 3. The summed E-state index contributed by atoms with van der Waals surface area (Å²) in [6, 6.07) is 14.9. The lowest BCUT2D eigenvalue weighted by Crippen LogP contribution is -2.33. The quantitative estimate of drug-likeness (QED) is 0.193. The Hall–Kier alpha value is -3.82. The smallest absolute Gasteiger partial charge is 0.286 e. The van der Waals surface area contributed by atoms with Gasteiger partial charge in [0.15, 0.2) is 5.76 Å². The van der Waals surface area contributed by atoms with Crippen molar-refractivity contribution in [2.24, 2.45) is 0 Å². The number of benzene rings is 2. The highest BCUT2D eigenvalue weighted by Crippen LogP contribution is 2.36. The summed E-state index contributed by atoms with van der Waals surface area (Å²) in [7, 11) is 0. The first kappa shape index (κ1) is 27.2. The number of amides is 2. The van der Waals surface area contributed by atoms with Crippen molar-refractivity contribution in [1.29, 1.82) is 0 Å². The molecule has 1 aliphatic heterocycles. The first-order valence-electron chi connectivity index (χ1n) is 13.0. The van der Waals surface area contributed by atoms with E-state index in [4.69, 9.17) is 24.7 Å². The second-order valence-electron chi connectivity index (χ2n) is 9.26. The molecule has 0 spiro atoms. The molecule has 3 aromatic rings. The van der Waals surface area contributed by atoms with Crippen LogP contribution in [-0.2, 0) is 19.1 Å². The molecule has 9 heteroatoms. The van der Waals surface area contributed by atoms with E-state index >= 15 is 0 Å². The SMILES string of the molecule is Nc1ccccc1NC(=O)CCCCNC(=O)C1=C[C@H](c2coc3ccccc23)C[C@H](OCCCCO)O1. The maximum atomic E-state index is 13.0. The molecule has 5 N–H and O–H groups in total. The van der Waals surface area contributed by atoms with Crippen molar-refractivity contribution in [3.63, 3.8) is 0 Å². The second-order valence-corrected chi connectivity index (χ2v) is 9.26. The number of hydrogen-bond acceptors (Lipinski definition) is 7. The number of carbonyl (C=O) groups is 2. The highest BCUT2D eigenvalue weighted by atomic mass is 16.7. The zero-order valence-electron chi connectivity index (χ0n) is 21.4. The number of fused-ring (bicyclic) bond motifs is 1. The Morgan fingerprint density at radius 2 is 1.87 bits per heavy atom. The standard InChI is InChI=1S/C29H35N3O6/c30-23-10-2-3-11-24(23)32-27(34)13-5-6-14-31-29(35)26-17-20(18-28(38-26)36-16-8-7-15-33)22-19-37-25-12-4-1-9-21(22)25/h1-4,9-12,17,19-20,28,33H,5-8,13-16,18,30H2,(H,31,35)(H,32,34)/t20-,28+/m0/s1. The van der Waals surface area contributed by atoms with Gasteiger partial charge in [0.2, 0.25) is 12.2 Å². The van der Waals surface area contributed by atoms with Gasteiger partial charge in [-0.1, -0.05) is 30.3 Å². The molecule has 0 bridgehead atoms. The van der Waals surface area contributed by atoms with Gasteiger partial charge in [-0.3, -0.25) is 9.59 Å². The molecule has 0 unspecified atom stereocenters. The van der Waals surface area contributed by atoms with Crippen LogP contribution in [0.4, 0.5) is 11.4 Å². The number of rotatable bonds is 13. The van der Waals surface area contributed by atoms with E-state index in [-0.39, 0.29) is 30.1 Å². The van der Waals surface area contributed by atoms with Gasteiger partial charge in [0.25, 0.3) is 5.91 Å². The highest BCUT2D eigenvalue weighted by molar-refractivity contribution is 5.94. The van der Waals surface area contributed by atoms with Crippen molar-refractivity contribution in [3.05, 3.63) is 72.2 Å². The number of carbonyl (C=O) groups excluding carboxylic acids is 2. The zero-order valence-corrected chi connectivity index (χ0v) is 21.4. The normalized spacial score (nSPS) is 17.0. The van der Waals surface area contributed by atoms with Crippen molar-refractivity contribution < 1.29 is 28.6 Å². The third-order valence-electron chi connectivity index (χ3n) is 6.40. The number of anilines is 2. The summed E-state index contributed by atoms with van der Waals surface area (Å²) in [5.41, 5.74) is 8.74. The van der Waals surface area contributed by atoms with Gasteiger partial charge in [0.1, 0.15) is 5.58 Å². The molecule has 38 heavy (non-hydrogen) atoms. The van der Waals surface area contributed by atoms with Gasteiger partial charge in [-0.2, -0.15) is 0 Å². The summed E-state index contributed by atoms with van der Waals surface area (Å²) in [5, 5.41) is 15.7. The summed E-state index contributed by atoms with van der Waals surface area (Å²) in [5.74, 6) is -0.363. The minimum absolute atomic E-state index is 0.105. The molecule has 0 radical (unpaired) electrons. The number of unbranched alkanes of at least 4 members (excludes halogenated alkanes) is 2. The van der Waals surface area contributed by atoms with E-state index < -0.39 is 6.29 Å². The van der Waals surface area contributed by atoms with Gasteiger partial charge in [0, 0.05) is 42.9 Å². The lowest BCUT2D eigenvalue weighted by molar-refractivity contribution is -0.146. The van der Waals surface area contributed by atoms with Crippen molar-refractivity contribution in [2.45, 2.75) is 50.7 Å². The van der Waals surface area contributed by atoms with Crippen LogP contribution in [0.25, 0.3) is 11.0 Å². The van der Waals surface area contributed by atoms with E-state index in [0.717, 1.165) is 16.5 Å². The predicted molar refractivity (Wildman–Crippen MR) is 145 cm³/mol. The van der Waals surface area contributed by atoms with Crippen molar-refractivity contribution in [2.75, 3.05) is 30.8 Å². The van der Waals surface area contributed by atoms with Crippen LogP contribution in [0.1, 0.15) is 50.0 Å². The first-order chi connectivity index (χ1) is 18.5.